The summed E-state index contributed by atoms with van der Waals surface area (Å²) in [6.45, 7) is 0.324. The van der Waals surface area contributed by atoms with Crippen LogP contribution < -0.4 is 10.1 Å². The third-order valence-corrected chi connectivity index (χ3v) is 7.84. The minimum absolute atomic E-state index is 0.00541. The molecule has 9 heteroatoms. The van der Waals surface area contributed by atoms with Crippen LogP contribution >= 0.6 is 11.8 Å². The fourth-order valence-corrected chi connectivity index (χ4v) is 6.60. The van der Waals surface area contributed by atoms with Gasteiger partial charge in [0.2, 0.25) is 5.91 Å². The van der Waals surface area contributed by atoms with Gasteiger partial charge in [-0.15, -0.1) is 11.8 Å². The molecule has 1 saturated heterocycles. The number of ether oxygens (including phenoxy) is 1. The van der Waals surface area contributed by atoms with Crippen LogP contribution in [0.15, 0.2) is 54.9 Å². The van der Waals surface area contributed by atoms with Crippen molar-refractivity contribution in [2.45, 2.75) is 18.3 Å². The number of thioether (sulfide) groups is 1. The van der Waals surface area contributed by atoms with Crippen molar-refractivity contribution < 1.29 is 17.9 Å². The number of aromatic nitrogens is 2. The lowest BCUT2D eigenvalue weighted by Gasteiger charge is -2.10. The van der Waals surface area contributed by atoms with Crippen LogP contribution in [0.4, 0.5) is 5.69 Å². The van der Waals surface area contributed by atoms with Crippen molar-refractivity contribution in [3.8, 4) is 5.75 Å². The monoisotopic (exact) mass is 431 g/mol. The number of nitrogens with one attached hydrogen (secondary N) is 1. The fourth-order valence-electron chi connectivity index (χ4n) is 3.16. The topological polar surface area (TPSA) is 89.8 Å². The van der Waals surface area contributed by atoms with E-state index in [0.29, 0.717) is 24.5 Å². The summed E-state index contributed by atoms with van der Waals surface area (Å²) in [6.07, 6.45) is 4.47. The molecule has 2 aromatic heterocycles. The van der Waals surface area contributed by atoms with Crippen LogP contribution in [0.5, 0.6) is 5.75 Å². The number of nitrogens with zero attached hydrogens (tertiary/aromatic N) is 2. The maximum Gasteiger partial charge on any atom is 0.234 e. The van der Waals surface area contributed by atoms with Crippen molar-refractivity contribution in [3.05, 3.63) is 60.6 Å². The highest BCUT2D eigenvalue weighted by Gasteiger charge is 2.28. The number of rotatable bonds is 7. The largest absolute Gasteiger partial charge is 0.487 e. The number of benzene rings is 1. The SMILES string of the molecule is O=C(CSC1CCS(=O)(=O)C1)Nc1cccc(OCc2cn3ccccc3n2)c1. The first-order chi connectivity index (χ1) is 14.0. The van der Waals surface area contributed by atoms with Gasteiger partial charge in [0.05, 0.1) is 23.0 Å². The normalized spacial score (nSPS) is 18.0. The Labute approximate surface area is 173 Å². The fraction of sp³-hybridized carbons (Fsp3) is 0.300. The number of fused-ring (bicyclic) bond motifs is 1. The van der Waals surface area contributed by atoms with Gasteiger partial charge in [0.1, 0.15) is 18.0 Å². The average Bonchev–Trinajstić information content (AvgIpc) is 3.27. The van der Waals surface area contributed by atoms with Crippen molar-refractivity contribution in [3.63, 3.8) is 0 Å². The number of carbonyl (C=O) groups is 1. The number of anilines is 1. The number of pyridine rings is 1. The molecule has 0 aliphatic carbocycles. The van der Waals surface area contributed by atoms with E-state index in [9.17, 15) is 13.2 Å². The highest BCUT2D eigenvalue weighted by Crippen LogP contribution is 2.25. The summed E-state index contributed by atoms with van der Waals surface area (Å²) < 4.78 is 30.7. The number of imidazole rings is 1. The lowest BCUT2D eigenvalue weighted by molar-refractivity contribution is -0.113. The van der Waals surface area contributed by atoms with Crippen LogP contribution in [0.3, 0.4) is 0 Å². The van der Waals surface area contributed by atoms with Crippen molar-refractivity contribution in [2.24, 2.45) is 0 Å². The van der Waals surface area contributed by atoms with Gasteiger partial charge in [-0.05, 0) is 30.7 Å². The second-order valence-electron chi connectivity index (χ2n) is 6.90. The van der Waals surface area contributed by atoms with Crippen molar-refractivity contribution >= 4 is 38.8 Å². The zero-order valence-electron chi connectivity index (χ0n) is 15.7. The van der Waals surface area contributed by atoms with Gasteiger partial charge in [0.25, 0.3) is 0 Å². The van der Waals surface area contributed by atoms with Crippen LogP contribution in [0.2, 0.25) is 0 Å². The smallest absolute Gasteiger partial charge is 0.234 e. The summed E-state index contributed by atoms with van der Waals surface area (Å²) in [7, 11) is -2.92. The van der Waals surface area contributed by atoms with Gasteiger partial charge < -0.3 is 14.5 Å². The summed E-state index contributed by atoms with van der Waals surface area (Å²) in [5.41, 5.74) is 2.32. The lowest BCUT2D eigenvalue weighted by atomic mass is 10.3. The summed E-state index contributed by atoms with van der Waals surface area (Å²) in [5.74, 6) is 1.09. The van der Waals surface area contributed by atoms with E-state index in [1.165, 1.54) is 11.8 Å². The molecular formula is C20H21N3O4S2. The Kier molecular flexibility index (Phi) is 5.77. The summed E-state index contributed by atoms with van der Waals surface area (Å²) in [5, 5.41) is 2.84. The van der Waals surface area contributed by atoms with E-state index < -0.39 is 9.84 Å². The molecule has 3 heterocycles. The molecule has 1 aliphatic rings. The average molecular weight is 432 g/mol. The van der Waals surface area contributed by atoms with E-state index in [4.69, 9.17) is 4.74 Å². The first-order valence-electron chi connectivity index (χ1n) is 9.24. The Morgan fingerprint density at radius 1 is 1.28 bits per heavy atom. The van der Waals surface area contributed by atoms with Gasteiger partial charge in [-0.1, -0.05) is 12.1 Å². The molecule has 0 saturated carbocycles. The third-order valence-electron chi connectivity index (χ3n) is 4.56. The van der Waals surface area contributed by atoms with Crippen LogP contribution in [0, 0.1) is 0 Å². The van der Waals surface area contributed by atoms with Crippen molar-refractivity contribution in [2.75, 3.05) is 22.6 Å². The van der Waals surface area contributed by atoms with E-state index in [0.717, 1.165) is 11.3 Å². The summed E-state index contributed by atoms with van der Waals surface area (Å²) in [6, 6.07) is 13.0. The van der Waals surface area contributed by atoms with Gasteiger partial charge in [-0.2, -0.15) is 0 Å². The van der Waals surface area contributed by atoms with Gasteiger partial charge in [-0.3, -0.25) is 4.79 Å². The van der Waals surface area contributed by atoms with Crippen LogP contribution in [-0.4, -0.2) is 46.2 Å². The number of amides is 1. The molecule has 1 fully saturated rings. The van der Waals surface area contributed by atoms with Gasteiger partial charge in [0.15, 0.2) is 9.84 Å². The molecule has 1 aliphatic heterocycles. The first-order valence-corrected chi connectivity index (χ1v) is 12.1. The maximum absolute atomic E-state index is 12.2. The molecule has 7 nitrogen and oxygen atoms in total. The van der Waals surface area contributed by atoms with Crippen LogP contribution in [-0.2, 0) is 21.2 Å². The molecule has 0 bridgehead atoms. The summed E-state index contributed by atoms with van der Waals surface area (Å²) in [4.78, 5) is 16.7. The Hall–Kier alpha value is -2.52. The second-order valence-corrected chi connectivity index (χ2v) is 10.4. The molecule has 4 rings (SSSR count). The lowest BCUT2D eigenvalue weighted by Crippen LogP contribution is -2.17. The predicted molar refractivity (Wildman–Crippen MR) is 114 cm³/mol. The zero-order chi connectivity index (χ0) is 20.3. The van der Waals surface area contributed by atoms with E-state index in [2.05, 4.69) is 10.3 Å². The Bertz CT molecular complexity index is 1090. The minimum Gasteiger partial charge on any atom is -0.487 e. The van der Waals surface area contributed by atoms with E-state index >= 15 is 0 Å². The highest BCUT2D eigenvalue weighted by molar-refractivity contribution is 8.02. The number of sulfone groups is 1. The van der Waals surface area contributed by atoms with E-state index in [1.54, 1.807) is 12.1 Å². The van der Waals surface area contributed by atoms with Gasteiger partial charge in [-0.25, -0.2) is 13.4 Å². The maximum atomic E-state index is 12.2. The van der Waals surface area contributed by atoms with Crippen LogP contribution in [0.25, 0.3) is 5.65 Å². The first kappa shape index (κ1) is 19.8. The third kappa shape index (κ3) is 5.30. The number of hydrogen-bond donors (Lipinski definition) is 1. The molecule has 1 atom stereocenters. The van der Waals surface area contributed by atoms with Crippen molar-refractivity contribution in [1.82, 2.24) is 9.38 Å². The predicted octanol–water partition coefficient (Wildman–Crippen LogP) is 2.77. The van der Waals surface area contributed by atoms with E-state index in [-0.39, 0.29) is 28.4 Å². The molecule has 1 unspecified atom stereocenters. The van der Waals surface area contributed by atoms with Crippen molar-refractivity contribution in [1.29, 1.82) is 0 Å². The molecule has 1 amide bonds. The molecule has 1 N–H and O–H groups in total. The standard InChI is InChI=1S/C20H21N3O4S2/c24-20(13-28-18-7-9-29(25,26)14-18)22-15-4-3-5-17(10-15)27-12-16-11-23-8-2-1-6-19(23)21-16/h1-6,8,10-11,18H,7,9,12-14H2,(H,22,24). The second kappa shape index (κ2) is 8.46. The summed E-state index contributed by atoms with van der Waals surface area (Å²) >= 11 is 1.39. The Balaban J connectivity index is 1.29. The molecule has 0 spiro atoms. The zero-order valence-corrected chi connectivity index (χ0v) is 17.3. The molecule has 1 aromatic carbocycles. The Morgan fingerprint density at radius 2 is 2.17 bits per heavy atom. The molecule has 152 valence electrons. The van der Waals surface area contributed by atoms with E-state index in [1.807, 2.05) is 47.1 Å². The molecular weight excluding hydrogens is 410 g/mol. The molecule has 3 aromatic rings. The number of carbonyl (C=O) groups excluding carboxylic acids is 1. The van der Waals surface area contributed by atoms with Gasteiger partial charge >= 0.3 is 0 Å². The minimum atomic E-state index is -2.92. The highest BCUT2D eigenvalue weighted by atomic mass is 32.2. The van der Waals surface area contributed by atoms with Gasteiger partial charge in [0, 0.05) is 29.4 Å². The number of hydrogen-bond acceptors (Lipinski definition) is 6. The molecule has 0 radical (unpaired) electrons. The van der Waals surface area contributed by atoms with Crippen LogP contribution in [0.1, 0.15) is 12.1 Å². The Morgan fingerprint density at radius 3 is 2.97 bits per heavy atom. The quantitative estimate of drug-likeness (QED) is 0.619. The molecule has 29 heavy (non-hydrogen) atoms.